The minimum atomic E-state index is -3.38. The molecule has 0 unspecified atom stereocenters. The van der Waals surface area contributed by atoms with Crippen LogP contribution in [0, 0.1) is 0 Å². The Balaban J connectivity index is 2.67. The second kappa shape index (κ2) is 3.60. The van der Waals surface area contributed by atoms with Crippen molar-refractivity contribution in [3.8, 4) is 0 Å². The number of fused-ring (bicyclic) bond motifs is 1. The van der Waals surface area contributed by atoms with Crippen LogP contribution in [0.1, 0.15) is 0 Å². The molecule has 1 heterocycles. The molecule has 0 radical (unpaired) electrons. The molecule has 0 saturated carbocycles. The van der Waals surface area contributed by atoms with Gasteiger partial charge in [0.25, 0.3) is 0 Å². The third kappa shape index (κ3) is 1.84. The van der Waals surface area contributed by atoms with Gasteiger partial charge in [-0.2, -0.15) is 0 Å². The lowest BCUT2D eigenvalue weighted by molar-refractivity contribution is 0.588. The fourth-order valence-corrected chi connectivity index (χ4v) is 2.08. The van der Waals surface area contributed by atoms with E-state index in [-0.39, 0.29) is 4.90 Å². The number of hydrogen-bond donors (Lipinski definition) is 1. The van der Waals surface area contributed by atoms with Gasteiger partial charge in [-0.1, -0.05) is 12.1 Å². The van der Waals surface area contributed by atoms with Crippen molar-refractivity contribution in [2.24, 2.45) is 0 Å². The molecule has 1 aromatic carbocycles. The molecule has 0 bridgehead atoms. The summed E-state index contributed by atoms with van der Waals surface area (Å²) in [5, 5.41) is 0.924. The molecular formula is C10H10N2O2S. The molecule has 0 amide bonds. The first kappa shape index (κ1) is 10.1. The van der Waals surface area contributed by atoms with E-state index in [0.29, 0.717) is 5.52 Å². The Kier molecular flexibility index (Phi) is 2.42. The van der Waals surface area contributed by atoms with E-state index in [1.54, 1.807) is 24.4 Å². The Morgan fingerprint density at radius 2 is 2.07 bits per heavy atom. The zero-order valence-corrected chi connectivity index (χ0v) is 8.95. The summed E-state index contributed by atoms with van der Waals surface area (Å²) >= 11 is 0. The van der Waals surface area contributed by atoms with Gasteiger partial charge in [-0.05, 0) is 25.2 Å². The van der Waals surface area contributed by atoms with E-state index in [0.717, 1.165) is 5.39 Å². The summed E-state index contributed by atoms with van der Waals surface area (Å²) in [5.74, 6) is 0. The minimum Gasteiger partial charge on any atom is -0.256 e. The van der Waals surface area contributed by atoms with Crippen LogP contribution in [0.5, 0.6) is 0 Å². The van der Waals surface area contributed by atoms with Gasteiger partial charge < -0.3 is 0 Å². The number of nitrogens with one attached hydrogen (secondary N) is 1. The molecule has 1 N–H and O–H groups in total. The summed E-state index contributed by atoms with van der Waals surface area (Å²) in [4.78, 5) is 4.33. The number of benzene rings is 1. The first-order valence-electron chi connectivity index (χ1n) is 4.42. The van der Waals surface area contributed by atoms with E-state index in [9.17, 15) is 8.42 Å². The number of hydrogen-bond acceptors (Lipinski definition) is 3. The van der Waals surface area contributed by atoms with Gasteiger partial charge in [0.2, 0.25) is 10.0 Å². The van der Waals surface area contributed by atoms with Crippen LogP contribution in [-0.2, 0) is 10.0 Å². The molecule has 4 nitrogen and oxygen atoms in total. The number of rotatable bonds is 2. The molecule has 0 fully saturated rings. The highest BCUT2D eigenvalue weighted by Crippen LogP contribution is 2.16. The van der Waals surface area contributed by atoms with Crippen molar-refractivity contribution in [1.82, 2.24) is 9.71 Å². The fourth-order valence-electron chi connectivity index (χ4n) is 1.33. The highest BCUT2D eigenvalue weighted by molar-refractivity contribution is 7.89. The summed E-state index contributed by atoms with van der Waals surface area (Å²) in [6.45, 7) is 0. The monoisotopic (exact) mass is 222 g/mol. The van der Waals surface area contributed by atoms with Gasteiger partial charge in [-0.3, -0.25) is 4.98 Å². The summed E-state index contributed by atoms with van der Waals surface area (Å²) in [7, 11) is -1.99. The number of aromatic nitrogens is 1. The van der Waals surface area contributed by atoms with Crippen LogP contribution in [0.3, 0.4) is 0 Å². The Bertz CT molecular complexity index is 593. The van der Waals surface area contributed by atoms with Crippen molar-refractivity contribution in [2.45, 2.75) is 4.90 Å². The molecule has 1 aromatic heterocycles. The van der Waals surface area contributed by atoms with Crippen LogP contribution in [-0.4, -0.2) is 20.4 Å². The maximum Gasteiger partial charge on any atom is 0.240 e. The lowest BCUT2D eigenvalue weighted by Gasteiger charge is -2.03. The van der Waals surface area contributed by atoms with E-state index in [1.807, 2.05) is 12.1 Å². The largest absolute Gasteiger partial charge is 0.256 e. The van der Waals surface area contributed by atoms with Crippen molar-refractivity contribution in [2.75, 3.05) is 7.05 Å². The van der Waals surface area contributed by atoms with E-state index in [2.05, 4.69) is 9.71 Å². The first-order valence-corrected chi connectivity index (χ1v) is 5.90. The Labute approximate surface area is 88.0 Å². The average molecular weight is 222 g/mol. The molecule has 2 rings (SSSR count). The standard InChI is InChI=1S/C10H10N2O2S/c1-11-15(13,14)9-5-4-8-3-2-6-12-10(8)7-9/h2-7,11H,1H3. The molecule has 0 aliphatic heterocycles. The summed E-state index contributed by atoms with van der Waals surface area (Å²) < 4.78 is 25.3. The average Bonchev–Trinajstić information content (AvgIpc) is 2.28. The number of pyridine rings is 1. The lowest BCUT2D eigenvalue weighted by atomic mass is 10.2. The molecular weight excluding hydrogens is 212 g/mol. The highest BCUT2D eigenvalue weighted by Gasteiger charge is 2.11. The molecule has 5 heteroatoms. The van der Waals surface area contributed by atoms with Gasteiger partial charge in [0, 0.05) is 11.6 Å². The van der Waals surface area contributed by atoms with Gasteiger partial charge in [0.05, 0.1) is 10.4 Å². The van der Waals surface area contributed by atoms with Gasteiger partial charge in [-0.15, -0.1) is 0 Å². The van der Waals surface area contributed by atoms with Crippen LogP contribution in [0.2, 0.25) is 0 Å². The predicted octanol–water partition coefficient (Wildman–Crippen LogP) is 1.14. The predicted molar refractivity (Wildman–Crippen MR) is 58.0 cm³/mol. The molecule has 0 aliphatic carbocycles. The van der Waals surface area contributed by atoms with Crippen LogP contribution in [0.25, 0.3) is 10.9 Å². The quantitative estimate of drug-likeness (QED) is 0.829. The van der Waals surface area contributed by atoms with Crippen LogP contribution < -0.4 is 4.72 Å². The minimum absolute atomic E-state index is 0.233. The number of nitrogens with zero attached hydrogens (tertiary/aromatic N) is 1. The molecule has 0 atom stereocenters. The lowest BCUT2D eigenvalue weighted by Crippen LogP contribution is -2.18. The summed E-state index contributed by atoms with van der Waals surface area (Å²) in [6.07, 6.45) is 1.64. The topological polar surface area (TPSA) is 59.1 Å². The molecule has 15 heavy (non-hydrogen) atoms. The second-order valence-electron chi connectivity index (χ2n) is 3.07. The van der Waals surface area contributed by atoms with E-state index < -0.39 is 10.0 Å². The normalized spacial score (nSPS) is 11.8. The van der Waals surface area contributed by atoms with Gasteiger partial charge in [0.1, 0.15) is 0 Å². The highest BCUT2D eigenvalue weighted by atomic mass is 32.2. The fraction of sp³-hybridized carbons (Fsp3) is 0.100. The van der Waals surface area contributed by atoms with Crippen LogP contribution in [0.15, 0.2) is 41.4 Å². The third-order valence-electron chi connectivity index (χ3n) is 2.16. The van der Waals surface area contributed by atoms with Gasteiger partial charge >= 0.3 is 0 Å². The van der Waals surface area contributed by atoms with E-state index in [1.165, 1.54) is 7.05 Å². The van der Waals surface area contributed by atoms with Gasteiger partial charge in [-0.25, -0.2) is 13.1 Å². The van der Waals surface area contributed by atoms with Crippen LogP contribution >= 0.6 is 0 Å². The third-order valence-corrected chi connectivity index (χ3v) is 3.57. The van der Waals surface area contributed by atoms with Crippen molar-refractivity contribution in [1.29, 1.82) is 0 Å². The van der Waals surface area contributed by atoms with Gasteiger partial charge in [0.15, 0.2) is 0 Å². The van der Waals surface area contributed by atoms with Crippen molar-refractivity contribution < 1.29 is 8.42 Å². The summed E-state index contributed by atoms with van der Waals surface area (Å²) in [5.41, 5.74) is 0.675. The second-order valence-corrected chi connectivity index (χ2v) is 4.95. The van der Waals surface area contributed by atoms with Crippen LogP contribution in [0.4, 0.5) is 0 Å². The molecule has 2 aromatic rings. The molecule has 0 spiro atoms. The van der Waals surface area contributed by atoms with Crippen molar-refractivity contribution in [3.63, 3.8) is 0 Å². The maximum atomic E-state index is 11.5. The van der Waals surface area contributed by atoms with E-state index >= 15 is 0 Å². The molecule has 0 saturated heterocycles. The zero-order valence-electron chi connectivity index (χ0n) is 8.14. The summed E-state index contributed by atoms with van der Waals surface area (Å²) in [6, 6.07) is 8.57. The Morgan fingerprint density at radius 3 is 2.80 bits per heavy atom. The maximum absolute atomic E-state index is 11.5. The first-order chi connectivity index (χ1) is 7.13. The van der Waals surface area contributed by atoms with Crippen molar-refractivity contribution >= 4 is 20.9 Å². The molecule has 78 valence electrons. The van der Waals surface area contributed by atoms with Crippen molar-refractivity contribution in [3.05, 3.63) is 36.5 Å². The smallest absolute Gasteiger partial charge is 0.240 e. The van der Waals surface area contributed by atoms with E-state index in [4.69, 9.17) is 0 Å². The Hall–Kier alpha value is -1.46. The SMILES string of the molecule is CNS(=O)(=O)c1ccc2cccnc2c1. The number of sulfonamides is 1. The Morgan fingerprint density at radius 1 is 1.27 bits per heavy atom. The molecule has 0 aliphatic rings. The zero-order chi connectivity index (χ0) is 10.9.